The maximum Gasteiger partial charge on any atom is 0.234 e. The number of aliphatic hydroxyl groups is 1. The number of hydrogen-bond acceptors (Lipinski definition) is 2. The molecule has 1 aromatic carbocycles. The molecule has 4 nitrogen and oxygen atoms in total. The third-order valence-electron chi connectivity index (χ3n) is 1.57. The third-order valence-corrected chi connectivity index (χ3v) is 2.00. The maximum atomic E-state index is 10.3. The van der Waals surface area contributed by atoms with E-state index in [1.807, 2.05) is 13.0 Å². The zero-order chi connectivity index (χ0) is 9.84. The normalized spacial score (nSPS) is 15.3. The van der Waals surface area contributed by atoms with Crippen LogP contribution in [-0.4, -0.2) is 13.9 Å². The first-order valence-corrected chi connectivity index (χ1v) is 4.82. The van der Waals surface area contributed by atoms with Crippen molar-refractivity contribution in [2.45, 2.75) is 13.2 Å². The summed E-state index contributed by atoms with van der Waals surface area (Å²) in [5, 5.41) is 9.35. The summed E-state index contributed by atoms with van der Waals surface area (Å²) in [6.07, 6.45) is -1.11. The van der Waals surface area contributed by atoms with Gasteiger partial charge in [-0.15, -0.1) is 0 Å². The highest BCUT2D eigenvalue weighted by Gasteiger charge is 2.08. The highest BCUT2D eigenvalue weighted by atomic mass is 32.2. The van der Waals surface area contributed by atoms with Gasteiger partial charge >= 0.3 is 0 Å². The van der Waals surface area contributed by atoms with Crippen molar-refractivity contribution in [3.8, 4) is 0 Å². The smallest absolute Gasteiger partial charge is 0.234 e. The Morgan fingerprint density at radius 3 is 2.77 bits per heavy atom. The SMILES string of the molecule is Cc1cccc(C(O)NS(=O)O)c1. The Bertz CT molecular complexity index is 316. The second-order valence-electron chi connectivity index (χ2n) is 2.68. The molecule has 0 saturated carbocycles. The van der Waals surface area contributed by atoms with Gasteiger partial charge in [0.25, 0.3) is 0 Å². The summed E-state index contributed by atoms with van der Waals surface area (Å²) in [5.41, 5.74) is 1.56. The third kappa shape index (κ3) is 3.23. The molecule has 0 saturated heterocycles. The molecule has 0 bridgehead atoms. The monoisotopic (exact) mass is 201 g/mol. The van der Waals surface area contributed by atoms with E-state index < -0.39 is 17.5 Å². The Morgan fingerprint density at radius 1 is 1.54 bits per heavy atom. The summed E-state index contributed by atoms with van der Waals surface area (Å²) in [5.74, 6) is 0. The molecule has 2 unspecified atom stereocenters. The van der Waals surface area contributed by atoms with E-state index in [0.717, 1.165) is 5.56 Å². The lowest BCUT2D eigenvalue weighted by Gasteiger charge is -2.09. The fraction of sp³-hybridized carbons (Fsp3) is 0.250. The van der Waals surface area contributed by atoms with Crippen LogP contribution in [0.5, 0.6) is 0 Å². The fourth-order valence-corrected chi connectivity index (χ4v) is 1.33. The van der Waals surface area contributed by atoms with Gasteiger partial charge in [0, 0.05) is 0 Å². The van der Waals surface area contributed by atoms with Crippen LogP contribution in [0.4, 0.5) is 0 Å². The first-order valence-electron chi connectivity index (χ1n) is 3.71. The average Bonchev–Trinajstić information content (AvgIpc) is 2.03. The fourth-order valence-electron chi connectivity index (χ4n) is 1.00. The van der Waals surface area contributed by atoms with Crippen LogP contribution in [0.2, 0.25) is 0 Å². The summed E-state index contributed by atoms with van der Waals surface area (Å²) in [6.45, 7) is 1.88. The van der Waals surface area contributed by atoms with E-state index in [1.54, 1.807) is 18.2 Å². The van der Waals surface area contributed by atoms with Crippen LogP contribution in [0.25, 0.3) is 0 Å². The largest absolute Gasteiger partial charge is 0.373 e. The van der Waals surface area contributed by atoms with Crippen LogP contribution in [0.15, 0.2) is 24.3 Å². The molecule has 0 spiro atoms. The number of rotatable bonds is 3. The quantitative estimate of drug-likeness (QED) is 0.498. The number of aliphatic hydroxyl groups excluding tert-OH is 1. The molecule has 13 heavy (non-hydrogen) atoms. The molecule has 72 valence electrons. The second kappa shape index (κ2) is 4.48. The van der Waals surface area contributed by atoms with Gasteiger partial charge in [-0.1, -0.05) is 29.8 Å². The van der Waals surface area contributed by atoms with Crippen molar-refractivity contribution < 1.29 is 13.9 Å². The van der Waals surface area contributed by atoms with Crippen LogP contribution in [-0.2, 0) is 11.3 Å². The van der Waals surface area contributed by atoms with Crippen molar-refractivity contribution in [1.82, 2.24) is 4.72 Å². The molecule has 0 heterocycles. The molecule has 5 heteroatoms. The summed E-state index contributed by atoms with van der Waals surface area (Å²) in [7, 11) is 0. The van der Waals surface area contributed by atoms with Gasteiger partial charge in [0.1, 0.15) is 6.23 Å². The van der Waals surface area contributed by atoms with E-state index in [9.17, 15) is 9.32 Å². The average molecular weight is 201 g/mol. The first kappa shape index (κ1) is 10.3. The van der Waals surface area contributed by atoms with Crippen LogP contribution >= 0.6 is 0 Å². The first-order chi connectivity index (χ1) is 6.09. The van der Waals surface area contributed by atoms with E-state index >= 15 is 0 Å². The van der Waals surface area contributed by atoms with E-state index in [2.05, 4.69) is 4.72 Å². The van der Waals surface area contributed by atoms with Crippen LogP contribution in [0.3, 0.4) is 0 Å². The molecular formula is C8H11NO3S. The number of nitrogens with one attached hydrogen (secondary N) is 1. The molecule has 1 rings (SSSR count). The van der Waals surface area contributed by atoms with Crippen molar-refractivity contribution in [2.24, 2.45) is 0 Å². The topological polar surface area (TPSA) is 69.6 Å². The van der Waals surface area contributed by atoms with Gasteiger partial charge in [-0.2, -0.15) is 4.72 Å². The van der Waals surface area contributed by atoms with Gasteiger partial charge in [-0.25, -0.2) is 4.21 Å². The highest BCUT2D eigenvalue weighted by molar-refractivity contribution is 7.77. The maximum absolute atomic E-state index is 10.3. The number of aryl methyl sites for hydroxylation is 1. The molecule has 0 aromatic heterocycles. The molecule has 0 aliphatic heterocycles. The van der Waals surface area contributed by atoms with Crippen molar-refractivity contribution in [1.29, 1.82) is 0 Å². The van der Waals surface area contributed by atoms with Gasteiger partial charge in [0.2, 0.25) is 11.3 Å². The molecule has 3 N–H and O–H groups in total. The van der Waals surface area contributed by atoms with Crippen LogP contribution < -0.4 is 4.72 Å². The summed E-state index contributed by atoms with van der Waals surface area (Å²) in [6, 6.07) is 7.07. The Morgan fingerprint density at radius 2 is 2.23 bits per heavy atom. The predicted octanol–water partition coefficient (Wildman–Crippen LogP) is 0.712. The van der Waals surface area contributed by atoms with Crippen LogP contribution in [0.1, 0.15) is 17.4 Å². The Kier molecular flexibility index (Phi) is 3.56. The zero-order valence-corrected chi connectivity index (χ0v) is 7.91. The lowest BCUT2D eigenvalue weighted by molar-refractivity contribution is 0.165. The Hall–Kier alpha value is -0.750. The Labute approximate surface area is 79.0 Å². The lowest BCUT2D eigenvalue weighted by Crippen LogP contribution is -2.22. The van der Waals surface area contributed by atoms with Gasteiger partial charge in [-0.05, 0) is 12.5 Å². The molecule has 0 aliphatic carbocycles. The van der Waals surface area contributed by atoms with Gasteiger partial charge in [0.05, 0.1) is 0 Å². The van der Waals surface area contributed by atoms with Crippen molar-refractivity contribution >= 4 is 11.3 Å². The lowest BCUT2D eigenvalue weighted by atomic mass is 10.1. The van der Waals surface area contributed by atoms with Gasteiger partial charge in [0.15, 0.2) is 0 Å². The Balaban J connectivity index is 2.76. The predicted molar refractivity (Wildman–Crippen MR) is 50.0 cm³/mol. The van der Waals surface area contributed by atoms with E-state index in [-0.39, 0.29) is 0 Å². The molecule has 0 fully saturated rings. The molecule has 1 aromatic rings. The van der Waals surface area contributed by atoms with Gasteiger partial charge < -0.3 is 5.11 Å². The van der Waals surface area contributed by atoms with E-state index in [1.165, 1.54) is 0 Å². The van der Waals surface area contributed by atoms with E-state index in [4.69, 9.17) is 4.55 Å². The van der Waals surface area contributed by atoms with Crippen molar-refractivity contribution in [2.75, 3.05) is 0 Å². The standard InChI is InChI=1S/C8H11NO3S/c1-6-3-2-4-7(5-6)8(10)9-13(11)12/h2-5,8-10H,1H3,(H,11,12). The minimum Gasteiger partial charge on any atom is -0.373 e. The molecule has 2 atom stereocenters. The van der Waals surface area contributed by atoms with E-state index in [0.29, 0.717) is 5.56 Å². The second-order valence-corrected chi connectivity index (χ2v) is 3.42. The highest BCUT2D eigenvalue weighted by Crippen LogP contribution is 2.11. The summed E-state index contributed by atoms with van der Waals surface area (Å²) < 4.78 is 20.8. The number of hydrogen-bond donors (Lipinski definition) is 3. The van der Waals surface area contributed by atoms with Crippen LogP contribution in [0, 0.1) is 6.92 Å². The number of benzene rings is 1. The summed E-state index contributed by atoms with van der Waals surface area (Å²) in [4.78, 5) is 0. The molecule has 0 radical (unpaired) electrons. The van der Waals surface area contributed by atoms with Gasteiger partial charge in [-0.3, -0.25) is 4.55 Å². The summed E-state index contributed by atoms with van der Waals surface area (Å²) >= 11 is -2.20. The molecule has 0 aliphatic rings. The minimum atomic E-state index is -2.20. The van der Waals surface area contributed by atoms with Crippen molar-refractivity contribution in [3.05, 3.63) is 35.4 Å². The molecular weight excluding hydrogens is 190 g/mol. The zero-order valence-electron chi connectivity index (χ0n) is 7.10. The van der Waals surface area contributed by atoms with Crippen molar-refractivity contribution in [3.63, 3.8) is 0 Å². The molecule has 0 amide bonds. The minimum absolute atomic E-state index is 0.572.